The summed E-state index contributed by atoms with van der Waals surface area (Å²) in [5.41, 5.74) is 1.34. The molecule has 0 spiro atoms. The van der Waals surface area contributed by atoms with E-state index in [9.17, 15) is 9.59 Å². The first-order chi connectivity index (χ1) is 9.56. The first-order valence-electron chi connectivity index (χ1n) is 5.94. The van der Waals surface area contributed by atoms with Gasteiger partial charge in [-0.15, -0.1) is 11.3 Å². The molecule has 0 amide bonds. The molecule has 20 heavy (non-hydrogen) atoms. The molecule has 2 aromatic rings. The number of aromatic nitrogens is 1. The quantitative estimate of drug-likeness (QED) is 0.827. The van der Waals surface area contributed by atoms with E-state index < -0.39 is 5.97 Å². The first kappa shape index (κ1) is 14.2. The van der Waals surface area contributed by atoms with Crippen LogP contribution in [-0.2, 0) is 11.2 Å². The number of ether oxygens (including phenoxy) is 1. The molecule has 1 aromatic carbocycles. The van der Waals surface area contributed by atoms with Gasteiger partial charge in [0.1, 0.15) is 5.75 Å². The predicted molar refractivity (Wildman–Crippen MR) is 74.5 cm³/mol. The fourth-order valence-corrected chi connectivity index (χ4v) is 2.34. The van der Waals surface area contributed by atoms with Crippen molar-refractivity contribution in [1.29, 1.82) is 0 Å². The molecule has 0 fully saturated rings. The van der Waals surface area contributed by atoms with Crippen molar-refractivity contribution >= 4 is 23.1 Å². The standard InChI is InChI=1S/C14H13NO4S/c1-9-4-2-3-5-12(9)19-7-11(16)14-15-10(8-20-14)6-13(17)18/h2-5,8H,6-7H2,1H3,(H,17,18). The summed E-state index contributed by atoms with van der Waals surface area (Å²) in [6, 6.07) is 7.42. The Hall–Kier alpha value is -2.21. The van der Waals surface area contributed by atoms with Crippen LogP contribution in [0, 0.1) is 6.92 Å². The number of nitrogens with zero attached hydrogens (tertiary/aromatic N) is 1. The van der Waals surface area contributed by atoms with E-state index in [1.165, 1.54) is 0 Å². The lowest BCUT2D eigenvalue weighted by Crippen LogP contribution is -2.12. The number of ketones is 1. The molecule has 1 N–H and O–H groups in total. The third kappa shape index (κ3) is 3.64. The van der Waals surface area contributed by atoms with E-state index >= 15 is 0 Å². The number of hydrogen-bond donors (Lipinski definition) is 1. The minimum atomic E-state index is -0.967. The van der Waals surface area contributed by atoms with E-state index in [0.29, 0.717) is 11.4 Å². The van der Waals surface area contributed by atoms with Crippen molar-refractivity contribution < 1.29 is 19.4 Å². The van der Waals surface area contributed by atoms with Crippen LogP contribution in [0.2, 0.25) is 0 Å². The second kappa shape index (κ2) is 6.29. The average molecular weight is 291 g/mol. The molecule has 1 aromatic heterocycles. The number of para-hydroxylation sites is 1. The van der Waals surface area contributed by atoms with Gasteiger partial charge in [0, 0.05) is 5.38 Å². The second-order valence-electron chi connectivity index (χ2n) is 4.19. The highest BCUT2D eigenvalue weighted by atomic mass is 32.1. The molecule has 1 heterocycles. The lowest BCUT2D eigenvalue weighted by Gasteiger charge is -2.06. The van der Waals surface area contributed by atoms with Crippen molar-refractivity contribution in [2.24, 2.45) is 0 Å². The molecule has 0 saturated heterocycles. The third-order valence-electron chi connectivity index (χ3n) is 2.57. The zero-order chi connectivity index (χ0) is 14.5. The zero-order valence-corrected chi connectivity index (χ0v) is 11.6. The first-order valence-corrected chi connectivity index (χ1v) is 6.82. The highest BCUT2D eigenvalue weighted by Gasteiger charge is 2.14. The van der Waals surface area contributed by atoms with Crippen LogP contribution in [0.3, 0.4) is 0 Å². The molecule has 0 atom stereocenters. The van der Waals surface area contributed by atoms with Gasteiger partial charge in [0.25, 0.3) is 0 Å². The zero-order valence-electron chi connectivity index (χ0n) is 10.8. The highest BCUT2D eigenvalue weighted by molar-refractivity contribution is 7.11. The van der Waals surface area contributed by atoms with Gasteiger partial charge in [0.15, 0.2) is 11.6 Å². The highest BCUT2D eigenvalue weighted by Crippen LogP contribution is 2.17. The van der Waals surface area contributed by atoms with E-state index in [4.69, 9.17) is 9.84 Å². The van der Waals surface area contributed by atoms with Crippen molar-refractivity contribution in [3.05, 3.63) is 45.9 Å². The van der Waals surface area contributed by atoms with E-state index in [-0.39, 0.29) is 23.8 Å². The summed E-state index contributed by atoms with van der Waals surface area (Å²) in [4.78, 5) is 26.4. The lowest BCUT2D eigenvalue weighted by molar-refractivity contribution is -0.136. The van der Waals surface area contributed by atoms with Gasteiger partial charge in [-0.2, -0.15) is 0 Å². The summed E-state index contributed by atoms with van der Waals surface area (Å²) in [6.45, 7) is 1.79. The number of aliphatic carboxylic acids is 1. The van der Waals surface area contributed by atoms with Crippen LogP contribution in [0.5, 0.6) is 5.75 Å². The summed E-state index contributed by atoms with van der Waals surface area (Å²) in [6.07, 6.45) is -0.178. The molecule has 0 radical (unpaired) electrons. The molecule has 0 aliphatic carbocycles. The molecule has 0 unspecified atom stereocenters. The summed E-state index contributed by atoms with van der Waals surface area (Å²) in [7, 11) is 0. The number of rotatable bonds is 6. The topological polar surface area (TPSA) is 76.5 Å². The molecule has 6 heteroatoms. The molecule has 104 valence electrons. The Kier molecular flexibility index (Phi) is 4.47. The maximum absolute atomic E-state index is 11.9. The number of Topliss-reactive ketones (excluding diaryl/α,β-unsaturated/α-hetero) is 1. The summed E-state index contributed by atoms with van der Waals surface area (Å²) < 4.78 is 5.44. The van der Waals surface area contributed by atoms with E-state index in [2.05, 4.69) is 4.98 Å². The molecular weight excluding hydrogens is 278 g/mol. The smallest absolute Gasteiger partial charge is 0.309 e. The van der Waals surface area contributed by atoms with Gasteiger partial charge < -0.3 is 9.84 Å². The second-order valence-corrected chi connectivity index (χ2v) is 5.05. The molecule has 0 aliphatic rings. The van der Waals surface area contributed by atoms with Crippen LogP contribution in [-0.4, -0.2) is 28.4 Å². The van der Waals surface area contributed by atoms with Gasteiger partial charge in [-0.1, -0.05) is 18.2 Å². The number of carboxylic acid groups (broad SMARTS) is 1. The van der Waals surface area contributed by atoms with E-state index in [1.807, 2.05) is 25.1 Å². The number of hydrogen-bond acceptors (Lipinski definition) is 5. The van der Waals surface area contributed by atoms with Gasteiger partial charge in [-0.05, 0) is 18.6 Å². The number of benzene rings is 1. The van der Waals surface area contributed by atoms with Crippen molar-refractivity contribution in [2.75, 3.05) is 6.61 Å². The fraction of sp³-hybridized carbons (Fsp3) is 0.214. The number of aryl methyl sites for hydroxylation is 1. The minimum absolute atomic E-state index is 0.106. The van der Waals surface area contributed by atoms with Crippen LogP contribution in [0.4, 0.5) is 0 Å². The maximum Gasteiger partial charge on any atom is 0.309 e. The molecule has 2 rings (SSSR count). The Morgan fingerprint density at radius 2 is 2.10 bits per heavy atom. The lowest BCUT2D eigenvalue weighted by atomic mass is 10.2. The fourth-order valence-electron chi connectivity index (χ4n) is 1.59. The predicted octanol–water partition coefficient (Wildman–Crippen LogP) is 2.34. The molecular formula is C14H13NO4S. The summed E-state index contributed by atoms with van der Waals surface area (Å²) in [5.74, 6) is -0.566. The van der Waals surface area contributed by atoms with Crippen LogP contribution in [0.15, 0.2) is 29.6 Å². The van der Waals surface area contributed by atoms with Crippen molar-refractivity contribution in [2.45, 2.75) is 13.3 Å². The van der Waals surface area contributed by atoms with Crippen molar-refractivity contribution in [3.8, 4) is 5.75 Å². The number of thiazole rings is 1. The average Bonchev–Trinajstić information content (AvgIpc) is 2.85. The Balaban J connectivity index is 1.97. The normalized spacial score (nSPS) is 10.2. The third-order valence-corrected chi connectivity index (χ3v) is 3.51. The van der Waals surface area contributed by atoms with Crippen molar-refractivity contribution in [3.63, 3.8) is 0 Å². The Morgan fingerprint density at radius 3 is 2.80 bits per heavy atom. The summed E-state index contributed by atoms with van der Waals surface area (Å²) >= 11 is 1.13. The van der Waals surface area contributed by atoms with Crippen LogP contribution in [0.25, 0.3) is 0 Å². The molecule has 0 bridgehead atoms. The Bertz CT molecular complexity index is 636. The summed E-state index contributed by atoms with van der Waals surface area (Å²) in [5, 5.41) is 10.5. The molecule has 0 aliphatic heterocycles. The molecule has 0 saturated carbocycles. The van der Waals surface area contributed by atoms with E-state index in [1.54, 1.807) is 11.4 Å². The van der Waals surface area contributed by atoms with Gasteiger partial charge in [-0.25, -0.2) is 4.98 Å². The largest absolute Gasteiger partial charge is 0.485 e. The number of carboxylic acids is 1. The number of carbonyl (C=O) groups excluding carboxylic acids is 1. The number of carbonyl (C=O) groups is 2. The Morgan fingerprint density at radius 1 is 1.35 bits per heavy atom. The van der Waals surface area contributed by atoms with Gasteiger partial charge in [0.2, 0.25) is 5.78 Å². The van der Waals surface area contributed by atoms with Gasteiger partial charge in [-0.3, -0.25) is 9.59 Å². The van der Waals surface area contributed by atoms with Crippen LogP contribution >= 0.6 is 11.3 Å². The minimum Gasteiger partial charge on any atom is -0.485 e. The van der Waals surface area contributed by atoms with Gasteiger partial charge in [0.05, 0.1) is 12.1 Å². The van der Waals surface area contributed by atoms with Crippen LogP contribution < -0.4 is 4.74 Å². The van der Waals surface area contributed by atoms with Gasteiger partial charge >= 0.3 is 5.97 Å². The van der Waals surface area contributed by atoms with Crippen LogP contribution in [0.1, 0.15) is 21.1 Å². The van der Waals surface area contributed by atoms with Crippen molar-refractivity contribution in [1.82, 2.24) is 4.98 Å². The monoisotopic (exact) mass is 291 g/mol. The maximum atomic E-state index is 11.9. The van der Waals surface area contributed by atoms with E-state index in [0.717, 1.165) is 16.9 Å². The SMILES string of the molecule is Cc1ccccc1OCC(=O)c1nc(CC(=O)O)cs1. The molecule has 5 nitrogen and oxygen atoms in total. The Labute approximate surface area is 119 Å².